The van der Waals surface area contributed by atoms with E-state index >= 15 is 0 Å². The number of urea groups is 1. The number of barbiturate groups is 1. The molecule has 2 aromatic carbocycles. The van der Waals surface area contributed by atoms with Crippen molar-refractivity contribution in [2.24, 2.45) is 0 Å². The van der Waals surface area contributed by atoms with Crippen molar-refractivity contribution in [2.75, 3.05) is 0 Å². The predicted molar refractivity (Wildman–Crippen MR) is 111 cm³/mol. The van der Waals surface area contributed by atoms with Gasteiger partial charge in [-0.1, -0.05) is 48.5 Å². The van der Waals surface area contributed by atoms with E-state index in [2.05, 4.69) is 9.88 Å². The number of amides is 4. The third-order valence-electron chi connectivity index (χ3n) is 5.26. The van der Waals surface area contributed by atoms with Gasteiger partial charge in [-0.05, 0) is 31.6 Å². The van der Waals surface area contributed by atoms with Crippen LogP contribution in [0.4, 0.5) is 4.79 Å². The lowest BCUT2D eigenvalue weighted by Gasteiger charge is -2.31. The highest BCUT2D eigenvalue weighted by atomic mass is 16.2. The Bertz CT molecular complexity index is 1140. The molecule has 1 saturated heterocycles. The zero-order chi connectivity index (χ0) is 20.5. The van der Waals surface area contributed by atoms with Gasteiger partial charge >= 0.3 is 6.03 Å². The number of imide groups is 2. The largest absolute Gasteiger partial charge is 0.347 e. The van der Waals surface area contributed by atoms with Crippen LogP contribution in [-0.4, -0.2) is 27.3 Å². The van der Waals surface area contributed by atoms with Gasteiger partial charge in [0, 0.05) is 29.2 Å². The van der Waals surface area contributed by atoms with Gasteiger partial charge in [-0.25, -0.2) is 4.79 Å². The fraction of sp³-hybridized carbons (Fsp3) is 0.174. The van der Waals surface area contributed by atoms with E-state index in [1.54, 1.807) is 13.0 Å². The van der Waals surface area contributed by atoms with Gasteiger partial charge in [0.05, 0.1) is 6.04 Å². The summed E-state index contributed by atoms with van der Waals surface area (Å²) in [6.45, 7) is 4.56. The normalized spacial score (nSPS) is 17.1. The van der Waals surface area contributed by atoms with Crippen LogP contribution < -0.4 is 5.32 Å². The number of hydrogen-bond acceptors (Lipinski definition) is 3. The summed E-state index contributed by atoms with van der Waals surface area (Å²) in [5, 5.41) is 3.25. The van der Waals surface area contributed by atoms with Crippen LogP contribution in [0.1, 0.15) is 31.0 Å². The van der Waals surface area contributed by atoms with Crippen LogP contribution in [0.25, 0.3) is 17.0 Å². The molecule has 0 spiro atoms. The summed E-state index contributed by atoms with van der Waals surface area (Å²) >= 11 is 0. The Morgan fingerprint density at radius 1 is 1.00 bits per heavy atom. The molecule has 0 radical (unpaired) electrons. The first-order valence-electron chi connectivity index (χ1n) is 9.54. The summed E-state index contributed by atoms with van der Waals surface area (Å²) in [7, 11) is 0. The third-order valence-corrected chi connectivity index (χ3v) is 5.26. The summed E-state index contributed by atoms with van der Waals surface area (Å²) in [6.07, 6.45) is 3.49. The Labute approximate surface area is 168 Å². The van der Waals surface area contributed by atoms with Gasteiger partial charge in [0.25, 0.3) is 11.8 Å². The maximum Gasteiger partial charge on any atom is 0.331 e. The quantitative estimate of drug-likeness (QED) is 0.545. The number of benzene rings is 2. The standard InChI is InChI=1S/C23H21N3O3/c1-3-25-14-17(18-11-7-8-12-20(18)25)13-19-21(27)24-23(29)26(22(19)28)15(2)16-9-5-4-6-10-16/h4-15H,3H2,1-2H3,(H,24,27,29)/b19-13+/t15-/m0/s1. The van der Waals surface area contributed by atoms with Crippen LogP contribution in [0.15, 0.2) is 66.4 Å². The van der Waals surface area contributed by atoms with Crippen LogP contribution in [0.5, 0.6) is 0 Å². The van der Waals surface area contributed by atoms with Gasteiger partial charge in [0.15, 0.2) is 0 Å². The molecule has 0 saturated carbocycles. The Morgan fingerprint density at radius 2 is 1.69 bits per heavy atom. The number of para-hydroxylation sites is 1. The van der Waals surface area contributed by atoms with Crippen molar-refractivity contribution in [3.05, 3.63) is 77.5 Å². The van der Waals surface area contributed by atoms with E-state index in [1.807, 2.05) is 67.7 Å². The molecule has 1 N–H and O–H groups in total. The van der Waals surface area contributed by atoms with E-state index in [4.69, 9.17) is 0 Å². The second kappa shape index (κ2) is 7.39. The van der Waals surface area contributed by atoms with Crippen molar-refractivity contribution in [1.29, 1.82) is 0 Å². The van der Waals surface area contributed by atoms with Gasteiger partial charge in [0.2, 0.25) is 0 Å². The van der Waals surface area contributed by atoms with Crippen LogP contribution in [0.2, 0.25) is 0 Å². The molecule has 1 aliphatic heterocycles. The van der Waals surface area contributed by atoms with Gasteiger partial charge in [0.1, 0.15) is 5.57 Å². The van der Waals surface area contributed by atoms with Crippen molar-refractivity contribution in [2.45, 2.75) is 26.4 Å². The summed E-state index contributed by atoms with van der Waals surface area (Å²) in [5.41, 5.74) is 2.55. The summed E-state index contributed by atoms with van der Waals surface area (Å²) in [5.74, 6) is -1.27. The molecule has 29 heavy (non-hydrogen) atoms. The minimum atomic E-state index is -0.704. The number of nitrogens with one attached hydrogen (secondary N) is 1. The number of nitrogens with zero attached hydrogens (tertiary/aromatic N) is 2. The van der Waals surface area contributed by atoms with Gasteiger partial charge in [-0.2, -0.15) is 0 Å². The summed E-state index contributed by atoms with van der Waals surface area (Å²) < 4.78 is 2.06. The fourth-order valence-corrected chi connectivity index (χ4v) is 3.71. The van der Waals surface area contributed by atoms with Crippen LogP contribution in [0, 0.1) is 0 Å². The first kappa shape index (κ1) is 18.7. The number of carbonyl (C=O) groups is 3. The molecular weight excluding hydrogens is 366 g/mol. The number of hydrogen-bond donors (Lipinski definition) is 1. The molecule has 2 heterocycles. The Hall–Kier alpha value is -3.67. The molecule has 6 nitrogen and oxygen atoms in total. The number of rotatable bonds is 4. The molecule has 3 aromatic rings. The van der Waals surface area contributed by atoms with Crippen LogP contribution in [0.3, 0.4) is 0 Å². The van der Waals surface area contributed by atoms with Gasteiger partial charge in [-0.3, -0.25) is 19.8 Å². The average molecular weight is 387 g/mol. The minimum Gasteiger partial charge on any atom is -0.347 e. The maximum absolute atomic E-state index is 13.1. The number of fused-ring (bicyclic) bond motifs is 1. The van der Waals surface area contributed by atoms with Crippen LogP contribution in [-0.2, 0) is 16.1 Å². The van der Waals surface area contributed by atoms with Crippen molar-refractivity contribution in [1.82, 2.24) is 14.8 Å². The minimum absolute atomic E-state index is 0.0496. The molecule has 1 aliphatic rings. The van der Waals surface area contributed by atoms with Crippen molar-refractivity contribution < 1.29 is 14.4 Å². The lowest BCUT2D eigenvalue weighted by atomic mass is 10.0. The molecular formula is C23H21N3O3. The van der Waals surface area contributed by atoms with Gasteiger partial charge < -0.3 is 4.57 Å². The highest BCUT2D eigenvalue weighted by Gasteiger charge is 2.39. The van der Waals surface area contributed by atoms with Crippen molar-refractivity contribution >= 4 is 34.8 Å². The first-order chi connectivity index (χ1) is 14.0. The second-order valence-corrected chi connectivity index (χ2v) is 6.97. The van der Waals surface area contributed by atoms with E-state index < -0.39 is 23.9 Å². The fourth-order valence-electron chi connectivity index (χ4n) is 3.71. The molecule has 0 aliphatic carbocycles. The zero-order valence-corrected chi connectivity index (χ0v) is 16.3. The topological polar surface area (TPSA) is 71.4 Å². The second-order valence-electron chi connectivity index (χ2n) is 6.97. The van der Waals surface area contributed by atoms with E-state index in [0.717, 1.165) is 33.5 Å². The van der Waals surface area contributed by atoms with Crippen molar-refractivity contribution in [3.63, 3.8) is 0 Å². The van der Waals surface area contributed by atoms with Gasteiger partial charge in [-0.15, -0.1) is 0 Å². The average Bonchev–Trinajstić information content (AvgIpc) is 3.09. The number of carbonyl (C=O) groups excluding carboxylic acids is 3. The van der Waals surface area contributed by atoms with E-state index in [9.17, 15) is 14.4 Å². The highest BCUT2D eigenvalue weighted by molar-refractivity contribution is 6.31. The summed E-state index contributed by atoms with van der Waals surface area (Å²) in [6, 6.07) is 15.9. The Balaban J connectivity index is 1.77. The molecule has 1 fully saturated rings. The van der Waals surface area contributed by atoms with Crippen molar-refractivity contribution in [3.8, 4) is 0 Å². The Kier molecular flexibility index (Phi) is 4.76. The van der Waals surface area contributed by atoms with Crippen LogP contribution >= 0.6 is 0 Å². The van der Waals surface area contributed by atoms with E-state index in [-0.39, 0.29) is 5.57 Å². The van der Waals surface area contributed by atoms with E-state index in [0.29, 0.717) is 0 Å². The molecule has 1 aromatic heterocycles. The molecule has 4 rings (SSSR count). The SMILES string of the molecule is CCn1cc(/C=C2\C(=O)NC(=O)N([C@@H](C)c3ccccc3)C2=O)c2ccccc21. The maximum atomic E-state index is 13.1. The monoisotopic (exact) mass is 387 g/mol. The Morgan fingerprint density at radius 3 is 2.41 bits per heavy atom. The molecule has 1 atom stereocenters. The number of aromatic nitrogens is 1. The predicted octanol–water partition coefficient (Wildman–Crippen LogP) is 3.88. The molecule has 6 heteroatoms. The molecule has 4 amide bonds. The summed E-state index contributed by atoms with van der Waals surface area (Å²) in [4.78, 5) is 39.2. The lowest BCUT2D eigenvalue weighted by Crippen LogP contribution is -2.54. The first-order valence-corrected chi connectivity index (χ1v) is 9.54. The number of aryl methyl sites for hydroxylation is 1. The lowest BCUT2D eigenvalue weighted by molar-refractivity contribution is -0.131. The smallest absolute Gasteiger partial charge is 0.331 e. The molecule has 0 unspecified atom stereocenters. The third kappa shape index (κ3) is 3.23. The molecule has 0 bridgehead atoms. The molecule has 146 valence electrons. The highest BCUT2D eigenvalue weighted by Crippen LogP contribution is 2.28. The zero-order valence-electron chi connectivity index (χ0n) is 16.3. The van der Waals surface area contributed by atoms with E-state index in [1.165, 1.54) is 0 Å².